The van der Waals surface area contributed by atoms with Gasteiger partial charge in [0.05, 0.1) is 5.56 Å². The predicted molar refractivity (Wildman–Crippen MR) is 67.0 cm³/mol. The van der Waals surface area contributed by atoms with Crippen LogP contribution in [0.3, 0.4) is 0 Å². The number of phenolic OH excluding ortho intramolecular Hbond substituents is 1. The lowest BCUT2D eigenvalue weighted by Crippen LogP contribution is -1.81. The molecular formula is C12H9N3OS. The Bertz CT molecular complexity index is 660. The molecule has 2 heterocycles. The summed E-state index contributed by atoms with van der Waals surface area (Å²) in [4.78, 5) is 13.5. The standard InChI is InChI=1S/C12H9N3OS/c1-7-2-3-9(16)8(6-7)11-15-10-12(17-11)14-5-4-13-10/h2-6,16H,1H3. The van der Waals surface area contributed by atoms with Gasteiger partial charge in [-0.1, -0.05) is 23.0 Å². The minimum Gasteiger partial charge on any atom is -0.507 e. The van der Waals surface area contributed by atoms with Crippen LogP contribution < -0.4 is 0 Å². The van der Waals surface area contributed by atoms with Crippen LogP contribution in [0, 0.1) is 6.92 Å². The van der Waals surface area contributed by atoms with E-state index in [4.69, 9.17) is 0 Å². The summed E-state index contributed by atoms with van der Waals surface area (Å²) in [5, 5.41) is 10.6. The molecule has 3 rings (SSSR count). The average Bonchev–Trinajstić information content (AvgIpc) is 2.75. The van der Waals surface area contributed by atoms with E-state index in [9.17, 15) is 5.11 Å². The van der Waals surface area contributed by atoms with Crippen LogP contribution in [-0.2, 0) is 0 Å². The molecule has 0 spiro atoms. The molecule has 5 heteroatoms. The molecule has 1 N–H and O–H groups in total. The Morgan fingerprint density at radius 1 is 1.18 bits per heavy atom. The summed E-state index contributed by atoms with van der Waals surface area (Å²) in [6.45, 7) is 1.98. The Morgan fingerprint density at radius 2 is 2.00 bits per heavy atom. The van der Waals surface area contributed by atoms with Crippen LogP contribution >= 0.6 is 11.3 Å². The SMILES string of the molecule is Cc1ccc(O)c(-c2nc3nccnc3s2)c1. The Kier molecular flexibility index (Phi) is 2.26. The average molecular weight is 243 g/mol. The monoisotopic (exact) mass is 243 g/mol. The largest absolute Gasteiger partial charge is 0.507 e. The third-order valence-corrected chi connectivity index (χ3v) is 3.42. The highest BCUT2D eigenvalue weighted by molar-refractivity contribution is 7.21. The van der Waals surface area contributed by atoms with E-state index in [0.717, 1.165) is 21.0 Å². The molecule has 0 aliphatic carbocycles. The molecule has 0 bridgehead atoms. The van der Waals surface area contributed by atoms with Gasteiger partial charge >= 0.3 is 0 Å². The highest BCUT2D eigenvalue weighted by atomic mass is 32.1. The van der Waals surface area contributed by atoms with Gasteiger partial charge in [0.25, 0.3) is 0 Å². The van der Waals surface area contributed by atoms with Crippen LogP contribution in [0.2, 0.25) is 0 Å². The van der Waals surface area contributed by atoms with Crippen molar-refractivity contribution in [3.05, 3.63) is 36.2 Å². The fraction of sp³-hybridized carbons (Fsp3) is 0.0833. The summed E-state index contributed by atoms with van der Waals surface area (Å²) >= 11 is 1.43. The zero-order valence-electron chi connectivity index (χ0n) is 9.08. The number of phenols is 1. The lowest BCUT2D eigenvalue weighted by Gasteiger charge is -2.01. The zero-order chi connectivity index (χ0) is 11.8. The van der Waals surface area contributed by atoms with Crippen molar-refractivity contribution in [3.8, 4) is 16.3 Å². The van der Waals surface area contributed by atoms with Gasteiger partial charge in [0, 0.05) is 12.4 Å². The third-order valence-electron chi connectivity index (χ3n) is 2.43. The zero-order valence-corrected chi connectivity index (χ0v) is 9.90. The van der Waals surface area contributed by atoms with Gasteiger partial charge in [-0.15, -0.1) is 0 Å². The fourth-order valence-electron chi connectivity index (χ4n) is 1.61. The van der Waals surface area contributed by atoms with Gasteiger partial charge in [0.15, 0.2) is 10.5 Å². The number of hydrogen-bond acceptors (Lipinski definition) is 5. The molecule has 0 saturated carbocycles. The second-order valence-electron chi connectivity index (χ2n) is 3.72. The molecule has 3 aromatic rings. The number of hydrogen-bond donors (Lipinski definition) is 1. The van der Waals surface area contributed by atoms with E-state index in [0.29, 0.717) is 5.65 Å². The second kappa shape index (κ2) is 3.78. The van der Waals surface area contributed by atoms with Gasteiger partial charge in [-0.2, -0.15) is 0 Å². The highest BCUT2D eigenvalue weighted by Crippen LogP contribution is 2.34. The first-order valence-corrected chi connectivity index (χ1v) is 5.93. The van der Waals surface area contributed by atoms with Crippen molar-refractivity contribution in [3.63, 3.8) is 0 Å². The quantitative estimate of drug-likeness (QED) is 0.714. The number of thiazole rings is 1. The molecule has 0 amide bonds. The Hall–Kier alpha value is -2.01. The third kappa shape index (κ3) is 1.74. The summed E-state index contributed by atoms with van der Waals surface area (Å²) in [6, 6.07) is 5.45. The van der Waals surface area contributed by atoms with E-state index >= 15 is 0 Å². The topological polar surface area (TPSA) is 58.9 Å². The van der Waals surface area contributed by atoms with Gasteiger partial charge in [0.2, 0.25) is 0 Å². The minimum absolute atomic E-state index is 0.231. The molecule has 0 saturated heterocycles. The van der Waals surface area contributed by atoms with Crippen molar-refractivity contribution in [1.82, 2.24) is 15.0 Å². The van der Waals surface area contributed by atoms with Crippen molar-refractivity contribution >= 4 is 21.8 Å². The van der Waals surface area contributed by atoms with Crippen LogP contribution in [0.4, 0.5) is 0 Å². The molecule has 1 aromatic carbocycles. The Morgan fingerprint density at radius 3 is 2.82 bits per heavy atom. The van der Waals surface area contributed by atoms with E-state index < -0.39 is 0 Å². The van der Waals surface area contributed by atoms with Gasteiger partial charge in [-0.25, -0.2) is 15.0 Å². The number of aromatic hydroxyl groups is 1. The summed E-state index contributed by atoms with van der Waals surface area (Å²) in [6.07, 6.45) is 3.25. The summed E-state index contributed by atoms with van der Waals surface area (Å²) in [5.74, 6) is 0.231. The van der Waals surface area contributed by atoms with Crippen molar-refractivity contribution in [2.75, 3.05) is 0 Å². The first-order valence-electron chi connectivity index (χ1n) is 5.11. The summed E-state index contributed by atoms with van der Waals surface area (Å²) in [5.41, 5.74) is 2.43. The highest BCUT2D eigenvalue weighted by Gasteiger charge is 2.11. The van der Waals surface area contributed by atoms with Crippen molar-refractivity contribution in [1.29, 1.82) is 0 Å². The lowest BCUT2D eigenvalue weighted by atomic mass is 10.1. The molecule has 0 unspecified atom stereocenters. The van der Waals surface area contributed by atoms with Crippen LogP contribution in [0.1, 0.15) is 5.56 Å². The number of rotatable bonds is 1. The van der Waals surface area contributed by atoms with Crippen molar-refractivity contribution < 1.29 is 5.11 Å². The Balaban J connectivity index is 2.23. The molecule has 17 heavy (non-hydrogen) atoms. The molecule has 84 valence electrons. The molecule has 0 radical (unpaired) electrons. The first kappa shape index (κ1) is 10.2. The van der Waals surface area contributed by atoms with Crippen molar-refractivity contribution in [2.45, 2.75) is 6.92 Å². The molecule has 0 fully saturated rings. The van der Waals surface area contributed by atoms with Crippen LogP contribution in [0.15, 0.2) is 30.6 Å². The minimum atomic E-state index is 0.231. The molecule has 0 atom stereocenters. The van der Waals surface area contributed by atoms with Gasteiger partial charge in [-0.05, 0) is 19.1 Å². The predicted octanol–water partition coefficient (Wildman–Crippen LogP) is 2.77. The number of fused-ring (bicyclic) bond motifs is 1. The van der Waals surface area contributed by atoms with E-state index in [1.807, 2.05) is 19.1 Å². The fourth-order valence-corrected chi connectivity index (χ4v) is 2.51. The van der Waals surface area contributed by atoms with E-state index in [1.54, 1.807) is 18.5 Å². The van der Waals surface area contributed by atoms with Crippen LogP contribution in [-0.4, -0.2) is 20.1 Å². The number of nitrogens with zero attached hydrogens (tertiary/aromatic N) is 3. The number of aryl methyl sites for hydroxylation is 1. The van der Waals surface area contributed by atoms with Crippen LogP contribution in [0.5, 0.6) is 5.75 Å². The second-order valence-corrected chi connectivity index (χ2v) is 4.70. The summed E-state index contributed by atoms with van der Waals surface area (Å²) in [7, 11) is 0. The number of benzene rings is 1. The van der Waals surface area contributed by atoms with Crippen molar-refractivity contribution in [2.24, 2.45) is 0 Å². The molecular weight excluding hydrogens is 234 g/mol. The summed E-state index contributed by atoms with van der Waals surface area (Å²) < 4.78 is 0. The van der Waals surface area contributed by atoms with Gasteiger partial charge < -0.3 is 5.11 Å². The number of aromatic nitrogens is 3. The molecule has 0 aliphatic rings. The maximum atomic E-state index is 9.84. The van der Waals surface area contributed by atoms with Gasteiger partial charge in [-0.3, -0.25) is 0 Å². The lowest BCUT2D eigenvalue weighted by molar-refractivity contribution is 0.477. The maximum Gasteiger partial charge on any atom is 0.190 e. The van der Waals surface area contributed by atoms with Gasteiger partial charge in [0.1, 0.15) is 10.8 Å². The molecule has 2 aromatic heterocycles. The smallest absolute Gasteiger partial charge is 0.190 e. The van der Waals surface area contributed by atoms with E-state index in [1.165, 1.54) is 11.3 Å². The molecule has 4 nitrogen and oxygen atoms in total. The first-order chi connectivity index (χ1) is 8.24. The normalized spacial score (nSPS) is 10.9. The van der Waals surface area contributed by atoms with Crippen LogP contribution in [0.25, 0.3) is 21.0 Å². The Labute approximate surface area is 102 Å². The van der Waals surface area contributed by atoms with E-state index in [-0.39, 0.29) is 5.75 Å². The maximum absolute atomic E-state index is 9.84. The van der Waals surface area contributed by atoms with E-state index in [2.05, 4.69) is 15.0 Å². The molecule has 0 aliphatic heterocycles.